The average molecular weight is 346 g/mol. The number of nitrogens with two attached hydrogens (primary N) is 1. The lowest BCUT2D eigenvalue weighted by Gasteiger charge is -2.17. The van der Waals surface area contributed by atoms with E-state index in [9.17, 15) is 0 Å². The van der Waals surface area contributed by atoms with E-state index in [1.165, 1.54) is 0 Å². The fraction of sp³-hybridized carbons (Fsp3) is 0.0769. The van der Waals surface area contributed by atoms with E-state index >= 15 is 0 Å². The van der Waals surface area contributed by atoms with Gasteiger partial charge in [-0.25, -0.2) is 5.43 Å². The molecule has 0 saturated carbocycles. The average Bonchev–Trinajstić information content (AvgIpc) is 2.37. The monoisotopic (exact) mass is 344 g/mol. The van der Waals surface area contributed by atoms with Crippen molar-refractivity contribution in [3.05, 3.63) is 68.1 Å². The molecule has 2 rings (SSSR count). The summed E-state index contributed by atoms with van der Waals surface area (Å²) >= 11 is 15.3. The van der Waals surface area contributed by atoms with Gasteiger partial charge in [-0.05, 0) is 35.4 Å². The molecule has 94 valence electrons. The first kappa shape index (κ1) is 13.8. The summed E-state index contributed by atoms with van der Waals surface area (Å²) in [4.78, 5) is 0. The molecule has 2 aromatic carbocycles. The SMILES string of the molecule is NNC(c1ccc(Br)cc1)c1ccc(Cl)c(Cl)c1. The van der Waals surface area contributed by atoms with Crippen LogP contribution >= 0.6 is 39.1 Å². The third kappa shape index (κ3) is 3.05. The Morgan fingerprint density at radius 3 is 2.11 bits per heavy atom. The van der Waals surface area contributed by atoms with Gasteiger partial charge in [0.05, 0.1) is 16.1 Å². The summed E-state index contributed by atoms with van der Waals surface area (Å²) in [5, 5.41) is 1.05. The van der Waals surface area contributed by atoms with Gasteiger partial charge in [-0.15, -0.1) is 0 Å². The topological polar surface area (TPSA) is 38.0 Å². The standard InChI is InChI=1S/C13H11BrCl2N2/c14-10-4-1-8(2-5-10)13(18-17)9-3-6-11(15)12(16)7-9/h1-7,13,18H,17H2. The minimum atomic E-state index is -0.118. The molecule has 0 saturated heterocycles. The molecule has 0 radical (unpaired) electrons. The van der Waals surface area contributed by atoms with Gasteiger partial charge in [-0.2, -0.15) is 0 Å². The minimum absolute atomic E-state index is 0.118. The molecule has 0 amide bonds. The highest BCUT2D eigenvalue weighted by atomic mass is 79.9. The van der Waals surface area contributed by atoms with Crippen LogP contribution in [0.15, 0.2) is 46.9 Å². The number of hydrogen-bond acceptors (Lipinski definition) is 2. The van der Waals surface area contributed by atoms with Gasteiger partial charge in [0.2, 0.25) is 0 Å². The quantitative estimate of drug-likeness (QED) is 0.642. The van der Waals surface area contributed by atoms with E-state index in [0.717, 1.165) is 15.6 Å². The summed E-state index contributed by atoms with van der Waals surface area (Å²) in [6, 6.07) is 13.3. The highest BCUT2D eigenvalue weighted by molar-refractivity contribution is 9.10. The van der Waals surface area contributed by atoms with Gasteiger partial charge in [0, 0.05) is 4.47 Å². The van der Waals surface area contributed by atoms with Crippen molar-refractivity contribution in [3.8, 4) is 0 Å². The first-order valence-corrected chi connectivity index (χ1v) is 6.83. The van der Waals surface area contributed by atoms with Crippen LogP contribution in [0.3, 0.4) is 0 Å². The lowest BCUT2D eigenvalue weighted by Crippen LogP contribution is -2.28. The molecule has 0 spiro atoms. The molecule has 0 heterocycles. The normalized spacial score (nSPS) is 12.4. The third-order valence-corrected chi connectivity index (χ3v) is 3.91. The summed E-state index contributed by atoms with van der Waals surface area (Å²) in [7, 11) is 0. The lowest BCUT2D eigenvalue weighted by molar-refractivity contribution is 0.637. The zero-order valence-electron chi connectivity index (χ0n) is 9.33. The van der Waals surface area contributed by atoms with E-state index in [1.54, 1.807) is 6.07 Å². The van der Waals surface area contributed by atoms with Crippen LogP contribution < -0.4 is 11.3 Å². The Balaban J connectivity index is 2.38. The number of benzene rings is 2. The zero-order valence-corrected chi connectivity index (χ0v) is 12.4. The Kier molecular flexibility index (Phi) is 4.65. The van der Waals surface area contributed by atoms with Gasteiger partial charge in [0.1, 0.15) is 0 Å². The maximum atomic E-state index is 6.02. The van der Waals surface area contributed by atoms with Crippen LogP contribution in [0.4, 0.5) is 0 Å². The molecular weight excluding hydrogens is 335 g/mol. The highest BCUT2D eigenvalue weighted by Crippen LogP contribution is 2.29. The van der Waals surface area contributed by atoms with Gasteiger partial charge < -0.3 is 0 Å². The molecular formula is C13H11BrCl2N2. The number of rotatable bonds is 3. The van der Waals surface area contributed by atoms with Gasteiger partial charge in [-0.1, -0.05) is 57.3 Å². The van der Waals surface area contributed by atoms with Crippen molar-refractivity contribution in [3.63, 3.8) is 0 Å². The van der Waals surface area contributed by atoms with Crippen molar-refractivity contribution in [1.82, 2.24) is 5.43 Å². The van der Waals surface area contributed by atoms with Crippen LogP contribution in [0.5, 0.6) is 0 Å². The van der Waals surface area contributed by atoms with E-state index in [2.05, 4.69) is 21.4 Å². The van der Waals surface area contributed by atoms with E-state index in [-0.39, 0.29) is 6.04 Å². The Morgan fingerprint density at radius 1 is 0.944 bits per heavy atom. The molecule has 0 aromatic heterocycles. The Hall–Kier alpha value is -0.580. The Morgan fingerprint density at radius 2 is 1.56 bits per heavy atom. The molecule has 2 nitrogen and oxygen atoms in total. The number of hydrogen-bond donors (Lipinski definition) is 2. The predicted octanol–water partition coefficient (Wildman–Crippen LogP) is 4.31. The number of nitrogens with one attached hydrogen (secondary N) is 1. The molecule has 3 N–H and O–H groups in total. The smallest absolute Gasteiger partial charge is 0.0710 e. The number of hydrazine groups is 1. The summed E-state index contributed by atoms with van der Waals surface area (Å²) in [6.45, 7) is 0. The van der Waals surface area contributed by atoms with Crippen molar-refractivity contribution in [2.24, 2.45) is 5.84 Å². The molecule has 0 aliphatic carbocycles. The fourth-order valence-electron chi connectivity index (χ4n) is 1.73. The van der Waals surface area contributed by atoms with E-state index < -0.39 is 0 Å². The van der Waals surface area contributed by atoms with Crippen LogP contribution in [0.25, 0.3) is 0 Å². The molecule has 0 aliphatic heterocycles. The van der Waals surface area contributed by atoms with Crippen LogP contribution in [0.1, 0.15) is 17.2 Å². The van der Waals surface area contributed by atoms with Gasteiger partial charge >= 0.3 is 0 Å². The largest absolute Gasteiger partial charge is 0.271 e. The second-order valence-corrected chi connectivity index (χ2v) is 5.55. The van der Waals surface area contributed by atoms with Crippen LogP contribution in [0.2, 0.25) is 10.0 Å². The second kappa shape index (κ2) is 6.04. The number of halogens is 3. The van der Waals surface area contributed by atoms with Gasteiger partial charge in [0.15, 0.2) is 0 Å². The summed E-state index contributed by atoms with van der Waals surface area (Å²) in [6.07, 6.45) is 0. The molecule has 1 atom stereocenters. The molecule has 2 aromatic rings. The molecule has 18 heavy (non-hydrogen) atoms. The van der Waals surface area contributed by atoms with Crippen LogP contribution in [-0.2, 0) is 0 Å². The van der Waals surface area contributed by atoms with Crippen LogP contribution in [0, 0.1) is 0 Å². The van der Waals surface area contributed by atoms with Gasteiger partial charge in [0.25, 0.3) is 0 Å². The summed E-state index contributed by atoms with van der Waals surface area (Å²) in [5.74, 6) is 5.63. The first-order valence-electron chi connectivity index (χ1n) is 5.28. The summed E-state index contributed by atoms with van der Waals surface area (Å²) in [5.41, 5.74) is 4.81. The maximum absolute atomic E-state index is 6.02. The molecule has 5 heteroatoms. The molecule has 0 aliphatic rings. The van der Waals surface area contributed by atoms with Crippen molar-refractivity contribution in [2.45, 2.75) is 6.04 Å². The lowest BCUT2D eigenvalue weighted by atomic mass is 9.99. The van der Waals surface area contributed by atoms with Gasteiger partial charge in [-0.3, -0.25) is 5.84 Å². The Bertz CT molecular complexity index is 543. The maximum Gasteiger partial charge on any atom is 0.0710 e. The molecule has 0 fully saturated rings. The second-order valence-electron chi connectivity index (χ2n) is 3.82. The van der Waals surface area contributed by atoms with E-state index in [4.69, 9.17) is 29.0 Å². The molecule has 1 unspecified atom stereocenters. The van der Waals surface area contributed by atoms with Crippen molar-refractivity contribution in [1.29, 1.82) is 0 Å². The van der Waals surface area contributed by atoms with Crippen LogP contribution in [-0.4, -0.2) is 0 Å². The highest BCUT2D eigenvalue weighted by Gasteiger charge is 2.13. The molecule has 0 bridgehead atoms. The van der Waals surface area contributed by atoms with Crippen molar-refractivity contribution in [2.75, 3.05) is 0 Å². The third-order valence-electron chi connectivity index (χ3n) is 2.65. The Labute approximate surface area is 124 Å². The van der Waals surface area contributed by atoms with E-state index in [0.29, 0.717) is 10.0 Å². The first-order chi connectivity index (χ1) is 8.61. The zero-order chi connectivity index (χ0) is 13.1. The fourth-order valence-corrected chi connectivity index (χ4v) is 2.30. The van der Waals surface area contributed by atoms with Crippen molar-refractivity contribution < 1.29 is 0 Å². The summed E-state index contributed by atoms with van der Waals surface area (Å²) < 4.78 is 1.02. The van der Waals surface area contributed by atoms with Crippen molar-refractivity contribution >= 4 is 39.1 Å². The van der Waals surface area contributed by atoms with E-state index in [1.807, 2.05) is 36.4 Å². The predicted molar refractivity (Wildman–Crippen MR) is 79.8 cm³/mol. The minimum Gasteiger partial charge on any atom is -0.271 e.